The summed E-state index contributed by atoms with van der Waals surface area (Å²) < 4.78 is 5.66. The highest BCUT2D eigenvalue weighted by molar-refractivity contribution is 5.85. The fraction of sp³-hybridized carbons (Fsp3) is 0.938. The van der Waals surface area contributed by atoms with Crippen LogP contribution in [0.1, 0.15) is 59.8 Å². The second-order valence-corrected chi connectivity index (χ2v) is 8.32. The molecule has 2 aliphatic rings. The van der Waals surface area contributed by atoms with Gasteiger partial charge in [-0.2, -0.15) is 0 Å². The van der Waals surface area contributed by atoms with Gasteiger partial charge < -0.3 is 15.8 Å². The molecule has 0 bridgehead atoms. The maximum Gasteiger partial charge on any atom is 0.237 e. The maximum absolute atomic E-state index is 12.2. The Morgan fingerprint density at radius 2 is 1.80 bits per heavy atom. The van der Waals surface area contributed by atoms with Crippen LogP contribution in [-0.2, 0) is 9.53 Å². The van der Waals surface area contributed by atoms with Crippen molar-refractivity contribution in [3.63, 3.8) is 0 Å². The molecular formula is C16H30N2O2. The number of nitrogens with two attached hydrogens (primary N) is 1. The molecule has 3 N–H and O–H groups in total. The predicted octanol–water partition coefficient (Wildman–Crippen LogP) is 2.22. The van der Waals surface area contributed by atoms with E-state index in [9.17, 15) is 4.79 Å². The van der Waals surface area contributed by atoms with Gasteiger partial charge >= 0.3 is 0 Å². The Morgan fingerprint density at radius 3 is 2.25 bits per heavy atom. The standard InChI is InChI=1S/C16H30N2O2/c1-14(2)9-15(3,4)11-16(10-14,13(17)19)18-8-12-6-5-7-20-12/h12,18H,5-11H2,1-4H3,(H2,17,19). The molecule has 0 radical (unpaired) electrons. The zero-order chi connectivity index (χ0) is 15.0. The van der Waals surface area contributed by atoms with E-state index in [1.54, 1.807) is 0 Å². The first-order valence-electron chi connectivity index (χ1n) is 7.81. The van der Waals surface area contributed by atoms with E-state index in [1.807, 2.05) is 0 Å². The normalized spacial score (nSPS) is 31.1. The van der Waals surface area contributed by atoms with Crippen molar-refractivity contribution in [3.05, 3.63) is 0 Å². The van der Waals surface area contributed by atoms with Gasteiger partial charge in [-0.3, -0.25) is 4.79 Å². The Hall–Kier alpha value is -0.610. The van der Waals surface area contributed by atoms with E-state index in [0.29, 0.717) is 0 Å². The fourth-order valence-electron chi connectivity index (χ4n) is 4.62. The molecule has 2 rings (SSSR count). The van der Waals surface area contributed by atoms with Crippen molar-refractivity contribution in [2.45, 2.75) is 71.4 Å². The van der Waals surface area contributed by atoms with Gasteiger partial charge in [-0.25, -0.2) is 0 Å². The smallest absolute Gasteiger partial charge is 0.237 e. The summed E-state index contributed by atoms with van der Waals surface area (Å²) in [4.78, 5) is 12.2. The topological polar surface area (TPSA) is 64.3 Å². The SMILES string of the molecule is CC1(C)CC(C)(C)CC(NCC2CCCO2)(C(N)=O)C1. The molecule has 1 aliphatic heterocycles. The molecule has 116 valence electrons. The highest BCUT2D eigenvalue weighted by atomic mass is 16.5. The summed E-state index contributed by atoms with van der Waals surface area (Å²) in [6.45, 7) is 10.5. The molecule has 20 heavy (non-hydrogen) atoms. The molecule has 4 heteroatoms. The van der Waals surface area contributed by atoms with Crippen LogP contribution in [0.25, 0.3) is 0 Å². The van der Waals surface area contributed by atoms with E-state index in [0.717, 1.165) is 45.3 Å². The third kappa shape index (κ3) is 3.53. The number of nitrogens with one attached hydrogen (secondary N) is 1. The van der Waals surface area contributed by atoms with Crippen molar-refractivity contribution < 1.29 is 9.53 Å². The molecule has 0 aromatic carbocycles. The van der Waals surface area contributed by atoms with Crippen molar-refractivity contribution in [1.82, 2.24) is 5.32 Å². The predicted molar refractivity (Wildman–Crippen MR) is 80.3 cm³/mol. The second-order valence-electron chi connectivity index (χ2n) is 8.32. The number of carbonyl (C=O) groups is 1. The number of ether oxygens (including phenoxy) is 1. The molecule has 1 unspecified atom stereocenters. The molecule has 1 heterocycles. The molecule has 1 amide bonds. The zero-order valence-corrected chi connectivity index (χ0v) is 13.4. The molecule has 0 aromatic heterocycles. The molecule has 1 saturated heterocycles. The maximum atomic E-state index is 12.2. The minimum Gasteiger partial charge on any atom is -0.377 e. The molecule has 0 aromatic rings. The van der Waals surface area contributed by atoms with Gasteiger partial charge in [-0.1, -0.05) is 27.7 Å². The monoisotopic (exact) mass is 282 g/mol. The molecular weight excluding hydrogens is 252 g/mol. The molecule has 2 fully saturated rings. The van der Waals surface area contributed by atoms with Gasteiger partial charge in [0.2, 0.25) is 5.91 Å². The van der Waals surface area contributed by atoms with Gasteiger partial charge in [0.1, 0.15) is 0 Å². The number of carbonyl (C=O) groups excluding carboxylic acids is 1. The van der Waals surface area contributed by atoms with E-state index in [2.05, 4.69) is 33.0 Å². The van der Waals surface area contributed by atoms with Gasteiger partial charge in [0.25, 0.3) is 0 Å². The lowest BCUT2D eigenvalue weighted by Gasteiger charge is -2.51. The van der Waals surface area contributed by atoms with Crippen molar-refractivity contribution in [3.8, 4) is 0 Å². The largest absolute Gasteiger partial charge is 0.377 e. The Kier molecular flexibility index (Phi) is 4.18. The number of amides is 1. The second kappa shape index (κ2) is 5.30. The van der Waals surface area contributed by atoms with E-state index < -0.39 is 5.54 Å². The van der Waals surface area contributed by atoms with Gasteiger partial charge in [0.05, 0.1) is 11.6 Å². The van der Waals surface area contributed by atoms with E-state index >= 15 is 0 Å². The number of hydrogen-bond acceptors (Lipinski definition) is 3. The number of primary amides is 1. The van der Waals surface area contributed by atoms with Crippen LogP contribution in [-0.4, -0.2) is 30.7 Å². The first kappa shape index (κ1) is 15.8. The third-order valence-electron chi connectivity index (χ3n) is 4.68. The summed E-state index contributed by atoms with van der Waals surface area (Å²) in [7, 11) is 0. The van der Waals surface area contributed by atoms with Crippen molar-refractivity contribution in [2.75, 3.05) is 13.2 Å². The van der Waals surface area contributed by atoms with Crippen molar-refractivity contribution in [2.24, 2.45) is 16.6 Å². The average molecular weight is 282 g/mol. The van der Waals surface area contributed by atoms with Crippen LogP contribution in [0.4, 0.5) is 0 Å². The Bertz CT molecular complexity index is 355. The Morgan fingerprint density at radius 1 is 1.20 bits per heavy atom. The van der Waals surface area contributed by atoms with Crippen LogP contribution in [0, 0.1) is 10.8 Å². The first-order chi connectivity index (χ1) is 9.14. The number of rotatable bonds is 4. The third-order valence-corrected chi connectivity index (χ3v) is 4.68. The van der Waals surface area contributed by atoms with Gasteiger partial charge in [-0.05, 0) is 42.9 Å². The van der Waals surface area contributed by atoms with E-state index in [4.69, 9.17) is 10.5 Å². The summed E-state index contributed by atoms with van der Waals surface area (Å²) in [6, 6.07) is 0. The van der Waals surface area contributed by atoms with Crippen molar-refractivity contribution in [1.29, 1.82) is 0 Å². The molecule has 1 saturated carbocycles. The summed E-state index contributed by atoms with van der Waals surface area (Å²) in [5, 5.41) is 3.49. The van der Waals surface area contributed by atoms with Crippen LogP contribution in [0.3, 0.4) is 0 Å². The first-order valence-corrected chi connectivity index (χ1v) is 7.81. The van der Waals surface area contributed by atoms with Crippen molar-refractivity contribution >= 4 is 5.91 Å². The van der Waals surface area contributed by atoms with Gasteiger partial charge in [0, 0.05) is 13.2 Å². The highest BCUT2D eigenvalue weighted by Crippen LogP contribution is 2.50. The Labute approximate surface area is 122 Å². The fourth-order valence-corrected chi connectivity index (χ4v) is 4.62. The van der Waals surface area contributed by atoms with Crippen LogP contribution in [0.2, 0.25) is 0 Å². The highest BCUT2D eigenvalue weighted by Gasteiger charge is 2.50. The summed E-state index contributed by atoms with van der Waals surface area (Å²) in [5.74, 6) is -0.212. The summed E-state index contributed by atoms with van der Waals surface area (Å²) in [5.41, 5.74) is 5.45. The van der Waals surface area contributed by atoms with E-state index in [1.165, 1.54) is 0 Å². The van der Waals surface area contributed by atoms with Crippen LogP contribution >= 0.6 is 0 Å². The van der Waals surface area contributed by atoms with Crippen LogP contribution in [0.5, 0.6) is 0 Å². The average Bonchev–Trinajstić information content (AvgIpc) is 2.74. The lowest BCUT2D eigenvalue weighted by molar-refractivity contribution is -0.130. The summed E-state index contributed by atoms with van der Waals surface area (Å²) in [6.07, 6.45) is 5.18. The van der Waals surface area contributed by atoms with Crippen LogP contribution in [0.15, 0.2) is 0 Å². The minimum absolute atomic E-state index is 0.125. The molecule has 1 aliphatic carbocycles. The molecule has 4 nitrogen and oxygen atoms in total. The lowest BCUT2D eigenvalue weighted by Crippen LogP contribution is -2.63. The van der Waals surface area contributed by atoms with E-state index in [-0.39, 0.29) is 22.8 Å². The van der Waals surface area contributed by atoms with Gasteiger partial charge in [-0.15, -0.1) is 0 Å². The Balaban J connectivity index is 2.13. The quantitative estimate of drug-likeness (QED) is 0.831. The van der Waals surface area contributed by atoms with Gasteiger partial charge in [0.15, 0.2) is 0 Å². The molecule has 1 atom stereocenters. The zero-order valence-electron chi connectivity index (χ0n) is 13.4. The molecule has 0 spiro atoms. The number of hydrogen-bond donors (Lipinski definition) is 2. The summed E-state index contributed by atoms with van der Waals surface area (Å²) >= 11 is 0. The minimum atomic E-state index is -0.586. The lowest BCUT2D eigenvalue weighted by atomic mass is 9.58. The van der Waals surface area contributed by atoms with Crippen LogP contribution < -0.4 is 11.1 Å².